The lowest BCUT2D eigenvalue weighted by Crippen LogP contribution is -2.27. The van der Waals surface area contributed by atoms with Crippen molar-refractivity contribution in [1.29, 1.82) is 0 Å². The molecule has 0 unspecified atom stereocenters. The maximum absolute atomic E-state index is 12.5. The van der Waals surface area contributed by atoms with Gasteiger partial charge in [-0.05, 0) is 51.6 Å². The number of rotatable bonds is 9. The number of aryl methyl sites for hydroxylation is 1. The van der Waals surface area contributed by atoms with Crippen LogP contribution in [0.5, 0.6) is 5.75 Å². The number of benzene rings is 1. The molecule has 0 atom stereocenters. The number of anilines is 1. The average Bonchev–Trinajstić information content (AvgIpc) is 2.65. The molecule has 0 aliphatic carbocycles. The molecular weight excluding hydrogens is 356 g/mol. The van der Waals surface area contributed by atoms with Crippen molar-refractivity contribution in [3.8, 4) is 17.1 Å². The van der Waals surface area contributed by atoms with Crippen LogP contribution in [-0.2, 0) is 17.6 Å². The monoisotopic (exact) mass is 386 g/mol. The van der Waals surface area contributed by atoms with Crippen molar-refractivity contribution >= 4 is 11.6 Å². The lowest BCUT2D eigenvalue weighted by Gasteiger charge is -2.15. The summed E-state index contributed by atoms with van der Waals surface area (Å²) in [6.45, 7) is 6.79. The summed E-state index contributed by atoms with van der Waals surface area (Å²) < 4.78 is 5.85. The number of carbonyl (C=O) groups excluding carboxylic acids is 1. The molecular formula is C21H30N4O3. The van der Waals surface area contributed by atoms with Crippen LogP contribution >= 0.6 is 0 Å². The van der Waals surface area contributed by atoms with E-state index in [0.717, 1.165) is 12.1 Å². The average molecular weight is 386 g/mol. The van der Waals surface area contributed by atoms with E-state index in [-0.39, 0.29) is 18.0 Å². The first-order valence-corrected chi connectivity index (χ1v) is 9.73. The van der Waals surface area contributed by atoms with E-state index in [1.807, 2.05) is 34.9 Å². The van der Waals surface area contributed by atoms with Crippen LogP contribution in [0.3, 0.4) is 0 Å². The zero-order chi connectivity index (χ0) is 20.7. The van der Waals surface area contributed by atoms with Gasteiger partial charge in [0.25, 0.3) is 5.56 Å². The van der Waals surface area contributed by atoms with Crippen LogP contribution in [0.1, 0.15) is 38.4 Å². The zero-order valence-electron chi connectivity index (χ0n) is 17.4. The van der Waals surface area contributed by atoms with Gasteiger partial charge in [-0.2, -0.15) is 0 Å². The molecule has 152 valence electrons. The Hall–Kier alpha value is -2.67. The Balaban J connectivity index is 2.50. The number of aromatic nitrogens is 2. The van der Waals surface area contributed by atoms with E-state index >= 15 is 0 Å². The number of carbonyl (C=O) groups is 1. The summed E-state index contributed by atoms with van der Waals surface area (Å²) >= 11 is 0. The van der Waals surface area contributed by atoms with Gasteiger partial charge in [0, 0.05) is 11.3 Å². The summed E-state index contributed by atoms with van der Waals surface area (Å²) in [5, 5.41) is 2.88. The van der Waals surface area contributed by atoms with E-state index in [0.29, 0.717) is 47.8 Å². The quantitative estimate of drug-likeness (QED) is 0.692. The molecule has 0 bridgehead atoms. The molecule has 7 nitrogen and oxygen atoms in total. The molecule has 0 aliphatic rings. The minimum Gasteiger partial charge on any atom is -0.493 e. The lowest BCUT2D eigenvalue weighted by atomic mass is 10.1. The molecule has 7 heteroatoms. The number of H-pyrrole nitrogens is 1. The van der Waals surface area contributed by atoms with Crippen molar-refractivity contribution in [1.82, 2.24) is 14.9 Å². The molecule has 0 saturated carbocycles. The van der Waals surface area contributed by atoms with Crippen LogP contribution in [0.25, 0.3) is 11.4 Å². The summed E-state index contributed by atoms with van der Waals surface area (Å²) in [5.41, 5.74) is 2.65. The van der Waals surface area contributed by atoms with Crippen molar-refractivity contribution in [3.63, 3.8) is 0 Å². The molecule has 0 saturated heterocycles. The molecule has 1 heterocycles. The van der Waals surface area contributed by atoms with Crippen LogP contribution < -0.4 is 15.6 Å². The molecule has 0 radical (unpaired) electrons. The summed E-state index contributed by atoms with van der Waals surface area (Å²) in [7, 11) is 3.67. The standard InChI is InChI=1S/C21H30N4O3/c1-6-11-28-18-10-9-14(22-19(26)13-25(4)5)12-16(18)20-23-17(8-3)15(7-2)21(27)24-20/h9-10,12H,6-8,11,13H2,1-5H3,(H,22,26)(H,23,24,27). The Morgan fingerprint density at radius 2 is 1.96 bits per heavy atom. The summed E-state index contributed by atoms with van der Waals surface area (Å²) in [6, 6.07) is 5.39. The molecule has 2 N–H and O–H groups in total. The number of likely N-dealkylation sites (N-methyl/N-ethyl adjacent to an activating group) is 1. The first-order valence-electron chi connectivity index (χ1n) is 9.73. The highest BCUT2D eigenvalue weighted by Crippen LogP contribution is 2.31. The van der Waals surface area contributed by atoms with Gasteiger partial charge in [-0.1, -0.05) is 20.8 Å². The van der Waals surface area contributed by atoms with Crippen LogP contribution in [-0.4, -0.2) is 48.0 Å². The Labute approximate surface area is 166 Å². The van der Waals surface area contributed by atoms with Gasteiger partial charge < -0.3 is 19.9 Å². The minimum absolute atomic E-state index is 0.116. The Morgan fingerprint density at radius 1 is 1.21 bits per heavy atom. The lowest BCUT2D eigenvalue weighted by molar-refractivity contribution is -0.116. The molecule has 2 rings (SSSR count). The van der Waals surface area contributed by atoms with Gasteiger partial charge in [-0.15, -0.1) is 0 Å². The van der Waals surface area contributed by atoms with E-state index in [4.69, 9.17) is 4.74 Å². The number of aromatic amines is 1. The number of hydrogen-bond donors (Lipinski definition) is 2. The predicted octanol–water partition coefficient (Wildman–Crippen LogP) is 2.85. The van der Waals surface area contributed by atoms with E-state index in [1.165, 1.54) is 0 Å². The molecule has 0 fully saturated rings. The molecule has 1 amide bonds. The van der Waals surface area contributed by atoms with Gasteiger partial charge in [0.15, 0.2) is 0 Å². The van der Waals surface area contributed by atoms with E-state index in [2.05, 4.69) is 15.3 Å². The van der Waals surface area contributed by atoms with E-state index in [9.17, 15) is 9.59 Å². The van der Waals surface area contributed by atoms with Gasteiger partial charge in [-0.25, -0.2) is 4.98 Å². The molecule has 0 spiro atoms. The first kappa shape index (κ1) is 21.6. The van der Waals surface area contributed by atoms with Crippen molar-refractivity contribution in [2.45, 2.75) is 40.0 Å². The van der Waals surface area contributed by atoms with Crippen LogP contribution in [0.4, 0.5) is 5.69 Å². The molecule has 28 heavy (non-hydrogen) atoms. The second kappa shape index (κ2) is 10.0. The highest BCUT2D eigenvalue weighted by atomic mass is 16.5. The highest BCUT2D eigenvalue weighted by molar-refractivity contribution is 5.93. The van der Waals surface area contributed by atoms with Gasteiger partial charge in [0.1, 0.15) is 11.6 Å². The molecule has 2 aromatic rings. The molecule has 0 aliphatic heterocycles. The Morgan fingerprint density at radius 3 is 2.57 bits per heavy atom. The van der Waals surface area contributed by atoms with Crippen molar-refractivity contribution in [2.24, 2.45) is 0 Å². The van der Waals surface area contributed by atoms with Gasteiger partial charge in [-0.3, -0.25) is 9.59 Å². The number of ether oxygens (including phenoxy) is 1. The topological polar surface area (TPSA) is 87.3 Å². The third-order valence-corrected chi connectivity index (χ3v) is 4.23. The SMILES string of the molecule is CCCOc1ccc(NC(=O)CN(C)C)cc1-c1nc(CC)c(CC)c(=O)[nH]1. The largest absolute Gasteiger partial charge is 0.493 e. The second-order valence-corrected chi connectivity index (χ2v) is 6.89. The number of nitrogens with one attached hydrogen (secondary N) is 2. The maximum atomic E-state index is 12.5. The maximum Gasteiger partial charge on any atom is 0.254 e. The van der Waals surface area contributed by atoms with Crippen molar-refractivity contribution < 1.29 is 9.53 Å². The third kappa shape index (κ3) is 5.42. The smallest absolute Gasteiger partial charge is 0.254 e. The number of nitrogens with zero attached hydrogens (tertiary/aromatic N) is 2. The van der Waals surface area contributed by atoms with E-state index in [1.54, 1.807) is 23.1 Å². The van der Waals surface area contributed by atoms with Crippen LogP contribution in [0.15, 0.2) is 23.0 Å². The van der Waals surface area contributed by atoms with E-state index < -0.39 is 0 Å². The van der Waals surface area contributed by atoms with Crippen LogP contribution in [0.2, 0.25) is 0 Å². The molecule has 1 aromatic heterocycles. The van der Waals surface area contributed by atoms with Gasteiger partial charge in [0.05, 0.1) is 24.4 Å². The van der Waals surface area contributed by atoms with Gasteiger partial charge >= 0.3 is 0 Å². The number of hydrogen-bond acceptors (Lipinski definition) is 5. The van der Waals surface area contributed by atoms with Crippen molar-refractivity contribution in [3.05, 3.63) is 39.8 Å². The summed E-state index contributed by atoms with van der Waals surface area (Å²) in [6.07, 6.45) is 2.16. The third-order valence-electron chi connectivity index (χ3n) is 4.23. The fraction of sp³-hybridized carbons (Fsp3) is 0.476. The first-order chi connectivity index (χ1) is 13.4. The molecule has 1 aromatic carbocycles. The zero-order valence-corrected chi connectivity index (χ0v) is 17.4. The Kier molecular flexibility index (Phi) is 7.75. The summed E-state index contributed by atoms with van der Waals surface area (Å²) in [5.74, 6) is 0.964. The Bertz CT molecular complexity index is 874. The second-order valence-electron chi connectivity index (χ2n) is 6.89. The number of amides is 1. The fourth-order valence-electron chi connectivity index (χ4n) is 2.95. The minimum atomic E-state index is -0.132. The summed E-state index contributed by atoms with van der Waals surface area (Å²) in [4.78, 5) is 34.0. The van der Waals surface area contributed by atoms with Crippen LogP contribution in [0, 0.1) is 0 Å². The normalized spacial score (nSPS) is 10.9. The van der Waals surface area contributed by atoms with Gasteiger partial charge in [0.2, 0.25) is 5.91 Å². The predicted molar refractivity (Wildman–Crippen MR) is 112 cm³/mol. The van der Waals surface area contributed by atoms with Crippen molar-refractivity contribution in [2.75, 3.05) is 32.6 Å². The fourth-order valence-corrected chi connectivity index (χ4v) is 2.95. The highest BCUT2D eigenvalue weighted by Gasteiger charge is 2.15.